The summed E-state index contributed by atoms with van der Waals surface area (Å²) in [5.74, 6) is 2.21. The summed E-state index contributed by atoms with van der Waals surface area (Å²) in [7, 11) is 0. The Morgan fingerprint density at radius 2 is 1.96 bits per heavy atom. The van der Waals surface area contributed by atoms with Crippen LogP contribution in [0.5, 0.6) is 0 Å². The molecule has 25 heavy (non-hydrogen) atoms. The number of hydrogen-bond acceptors (Lipinski definition) is 4. The van der Waals surface area contributed by atoms with Crippen LogP contribution < -0.4 is 10.6 Å². The summed E-state index contributed by atoms with van der Waals surface area (Å²) in [5, 5.41) is 17.4. The smallest absolute Gasteiger partial charge is 0.191 e. The molecule has 1 saturated carbocycles. The first-order valence-corrected chi connectivity index (χ1v) is 10.8. The fourth-order valence-electron chi connectivity index (χ4n) is 3.60. The van der Waals surface area contributed by atoms with Gasteiger partial charge in [-0.05, 0) is 57.7 Å². The number of rotatable bonds is 8. The Balaban J connectivity index is 0.00000312. The predicted molar refractivity (Wildman–Crippen MR) is 120 cm³/mol. The third-order valence-corrected chi connectivity index (χ3v) is 6.16. The first-order valence-electron chi connectivity index (χ1n) is 9.78. The van der Waals surface area contributed by atoms with Crippen LogP contribution >= 0.6 is 35.7 Å². The Bertz CT molecular complexity index is 378. The van der Waals surface area contributed by atoms with Crippen LogP contribution in [-0.4, -0.2) is 71.8 Å². The molecule has 0 amide bonds. The molecule has 1 saturated heterocycles. The van der Waals surface area contributed by atoms with E-state index in [9.17, 15) is 5.11 Å². The van der Waals surface area contributed by atoms with Crippen LogP contribution in [0.4, 0.5) is 0 Å². The van der Waals surface area contributed by atoms with Crippen molar-refractivity contribution in [1.29, 1.82) is 0 Å². The molecule has 5 nitrogen and oxygen atoms in total. The topological polar surface area (TPSA) is 59.9 Å². The second-order valence-electron chi connectivity index (χ2n) is 6.92. The Morgan fingerprint density at radius 1 is 1.20 bits per heavy atom. The molecule has 2 rings (SSSR count). The van der Waals surface area contributed by atoms with E-state index in [1.54, 1.807) is 0 Å². The predicted octanol–water partition coefficient (Wildman–Crippen LogP) is 2.68. The molecule has 0 bridgehead atoms. The molecule has 0 aromatic carbocycles. The number of thioether (sulfide) groups is 1. The Hall–Kier alpha value is 0.270. The highest BCUT2D eigenvalue weighted by atomic mass is 127. The van der Waals surface area contributed by atoms with E-state index in [1.807, 2.05) is 0 Å². The summed E-state index contributed by atoms with van der Waals surface area (Å²) in [6.45, 7) is 9.31. The zero-order valence-corrected chi connectivity index (χ0v) is 19.0. The number of nitrogens with zero attached hydrogens (tertiary/aromatic N) is 2. The molecule has 0 aromatic heterocycles. The lowest BCUT2D eigenvalue weighted by Crippen LogP contribution is -2.42. The van der Waals surface area contributed by atoms with Gasteiger partial charge in [0.1, 0.15) is 0 Å². The molecular weight excluding hydrogens is 447 g/mol. The number of aliphatic hydroxyl groups is 1. The van der Waals surface area contributed by atoms with Crippen LogP contribution in [0.1, 0.15) is 52.4 Å². The van der Waals surface area contributed by atoms with E-state index in [4.69, 9.17) is 4.99 Å². The van der Waals surface area contributed by atoms with Gasteiger partial charge in [0.2, 0.25) is 0 Å². The molecule has 0 radical (unpaired) electrons. The first-order chi connectivity index (χ1) is 11.7. The summed E-state index contributed by atoms with van der Waals surface area (Å²) in [4.78, 5) is 7.21. The van der Waals surface area contributed by atoms with E-state index in [1.165, 1.54) is 25.0 Å². The summed E-state index contributed by atoms with van der Waals surface area (Å²) < 4.78 is 0. The number of halogens is 1. The number of nitrogens with one attached hydrogen (secondary N) is 2. The van der Waals surface area contributed by atoms with Crippen LogP contribution in [0.15, 0.2) is 4.99 Å². The van der Waals surface area contributed by atoms with Gasteiger partial charge in [-0.15, -0.1) is 24.0 Å². The largest absolute Gasteiger partial charge is 0.393 e. The third kappa shape index (κ3) is 9.15. The lowest BCUT2D eigenvalue weighted by Gasteiger charge is -2.29. The number of piperidine rings is 1. The number of hydrogen-bond donors (Lipinski definition) is 3. The molecule has 1 aliphatic carbocycles. The van der Waals surface area contributed by atoms with Gasteiger partial charge in [0.25, 0.3) is 0 Å². The van der Waals surface area contributed by atoms with Crippen molar-refractivity contribution in [3.8, 4) is 0 Å². The highest BCUT2D eigenvalue weighted by Crippen LogP contribution is 2.29. The zero-order chi connectivity index (χ0) is 17.2. The Morgan fingerprint density at radius 3 is 2.64 bits per heavy atom. The number of aliphatic imine (C=N–C) groups is 1. The van der Waals surface area contributed by atoms with Gasteiger partial charge in [-0.1, -0.05) is 6.92 Å². The maximum atomic E-state index is 9.55. The summed E-state index contributed by atoms with van der Waals surface area (Å²) in [5.41, 5.74) is 0. The van der Waals surface area contributed by atoms with Crippen molar-refractivity contribution < 1.29 is 5.11 Å². The van der Waals surface area contributed by atoms with E-state index in [2.05, 4.69) is 41.1 Å². The van der Waals surface area contributed by atoms with Crippen molar-refractivity contribution in [3.05, 3.63) is 0 Å². The molecule has 0 aromatic rings. The lowest BCUT2D eigenvalue weighted by molar-refractivity contribution is 0.0824. The fourth-order valence-corrected chi connectivity index (χ4v) is 4.74. The zero-order valence-electron chi connectivity index (χ0n) is 15.9. The average molecular weight is 484 g/mol. The average Bonchev–Trinajstić information content (AvgIpc) is 3.01. The molecule has 2 atom stereocenters. The summed E-state index contributed by atoms with van der Waals surface area (Å²) in [6, 6.07) is 0.579. The van der Waals surface area contributed by atoms with Gasteiger partial charge in [0, 0.05) is 37.5 Å². The van der Waals surface area contributed by atoms with Gasteiger partial charge >= 0.3 is 0 Å². The molecule has 2 unspecified atom stereocenters. The second-order valence-corrected chi connectivity index (χ2v) is 8.50. The van der Waals surface area contributed by atoms with E-state index in [-0.39, 0.29) is 30.1 Å². The molecule has 3 N–H and O–H groups in total. The molecular formula is C18H37IN4OS. The summed E-state index contributed by atoms with van der Waals surface area (Å²) >= 11 is 2.10. The van der Waals surface area contributed by atoms with Crippen molar-refractivity contribution >= 4 is 41.7 Å². The van der Waals surface area contributed by atoms with Crippen LogP contribution in [-0.2, 0) is 0 Å². The molecule has 1 heterocycles. The Labute approximate surface area is 175 Å². The van der Waals surface area contributed by atoms with E-state index in [0.29, 0.717) is 6.04 Å². The van der Waals surface area contributed by atoms with E-state index < -0.39 is 0 Å². The number of aliphatic hydroxyl groups excluding tert-OH is 1. The van der Waals surface area contributed by atoms with Gasteiger partial charge in [-0.2, -0.15) is 11.8 Å². The molecule has 2 fully saturated rings. The molecule has 2 aliphatic rings. The molecule has 1 aliphatic heterocycles. The normalized spacial score (nSPS) is 25.6. The van der Waals surface area contributed by atoms with Crippen molar-refractivity contribution in [2.45, 2.75) is 69.8 Å². The van der Waals surface area contributed by atoms with Gasteiger partial charge in [0.15, 0.2) is 5.96 Å². The van der Waals surface area contributed by atoms with Gasteiger partial charge in [0.05, 0.1) is 6.10 Å². The Kier molecular flexibility index (Phi) is 12.5. The lowest BCUT2D eigenvalue weighted by atomic mass is 10.1. The fraction of sp³-hybridized carbons (Fsp3) is 0.944. The number of likely N-dealkylation sites (tertiary alicyclic amines) is 1. The van der Waals surface area contributed by atoms with Gasteiger partial charge in [-0.3, -0.25) is 4.99 Å². The minimum absolute atomic E-state index is 0. The van der Waals surface area contributed by atoms with E-state index >= 15 is 0 Å². The highest BCUT2D eigenvalue weighted by Gasteiger charge is 2.25. The maximum Gasteiger partial charge on any atom is 0.191 e. The number of guanidine groups is 1. The molecule has 0 spiro atoms. The first kappa shape index (κ1) is 23.3. The standard InChI is InChI=1S/C18H36N4OS.HI/c1-3-19-18(21-15-6-7-17(14-15)24-4-2)20-10-5-11-22-12-8-16(23)9-13-22;/h15-17,23H,3-14H2,1-2H3,(H2,19,20,21);1H. The molecule has 148 valence electrons. The van der Waals surface area contributed by atoms with Gasteiger partial charge in [-0.25, -0.2) is 0 Å². The van der Waals surface area contributed by atoms with Crippen LogP contribution in [0.25, 0.3) is 0 Å². The van der Waals surface area contributed by atoms with Gasteiger partial charge < -0.3 is 20.6 Å². The van der Waals surface area contributed by atoms with Crippen molar-refractivity contribution in [3.63, 3.8) is 0 Å². The van der Waals surface area contributed by atoms with Crippen LogP contribution in [0.2, 0.25) is 0 Å². The van der Waals surface area contributed by atoms with Crippen molar-refractivity contribution in [1.82, 2.24) is 15.5 Å². The summed E-state index contributed by atoms with van der Waals surface area (Å²) in [6.07, 6.45) is 6.71. The van der Waals surface area contributed by atoms with Crippen molar-refractivity contribution in [2.75, 3.05) is 38.5 Å². The van der Waals surface area contributed by atoms with Crippen molar-refractivity contribution in [2.24, 2.45) is 4.99 Å². The minimum Gasteiger partial charge on any atom is -0.393 e. The second kappa shape index (κ2) is 13.4. The quantitative estimate of drug-likeness (QED) is 0.214. The third-order valence-electron chi connectivity index (χ3n) is 4.93. The van der Waals surface area contributed by atoms with Crippen LogP contribution in [0.3, 0.4) is 0 Å². The van der Waals surface area contributed by atoms with E-state index in [0.717, 1.165) is 63.2 Å². The monoisotopic (exact) mass is 484 g/mol. The van der Waals surface area contributed by atoms with Crippen LogP contribution in [0, 0.1) is 0 Å². The minimum atomic E-state index is -0.0788. The maximum absolute atomic E-state index is 9.55. The molecule has 7 heteroatoms. The SMILES string of the molecule is CCNC(=NCCCN1CCC(O)CC1)NC1CCC(SCC)C1.I. The highest BCUT2D eigenvalue weighted by molar-refractivity contribution is 14.0.